The minimum absolute atomic E-state index is 0. The van der Waals surface area contributed by atoms with Crippen LogP contribution in [-0.4, -0.2) is 34.4 Å². The van der Waals surface area contributed by atoms with Gasteiger partial charge in [-0.05, 0) is 6.92 Å². The van der Waals surface area contributed by atoms with E-state index in [1.807, 2.05) is 6.92 Å². The van der Waals surface area contributed by atoms with Crippen molar-refractivity contribution in [3.05, 3.63) is 0 Å². The Bertz CT molecular complexity index is 169. The van der Waals surface area contributed by atoms with Gasteiger partial charge in [0.1, 0.15) is 0 Å². The molecule has 0 amide bonds. The third kappa shape index (κ3) is 7.87. The number of hydrogen-bond donors (Lipinski definition) is 1. The molecule has 0 fully saturated rings. The van der Waals surface area contributed by atoms with Gasteiger partial charge in [0.05, 0.1) is 12.9 Å². The van der Waals surface area contributed by atoms with Gasteiger partial charge in [0.2, 0.25) is 10.0 Å². The van der Waals surface area contributed by atoms with Crippen molar-refractivity contribution in [2.45, 2.75) is 6.92 Å². The molecule has 0 aromatic heterocycles. The second kappa shape index (κ2) is 4.65. The van der Waals surface area contributed by atoms with Crippen LogP contribution in [0.5, 0.6) is 0 Å². The van der Waals surface area contributed by atoms with Gasteiger partial charge < -0.3 is 4.74 Å². The molecule has 0 aromatic rings. The quantitative estimate of drug-likeness (QED) is 0.581. The Morgan fingerprint density at radius 3 is 2.60 bits per heavy atom. The fraction of sp³-hybridized carbons (Fsp3) is 1.00. The molecule has 1 N–H and O–H groups in total. The fourth-order valence-electron chi connectivity index (χ4n) is 0.444. The largest absolute Gasteiger partial charge is 0.380 e. The second-order valence-electron chi connectivity index (χ2n) is 1.86. The Morgan fingerprint density at radius 2 is 2.20 bits per heavy atom. The summed E-state index contributed by atoms with van der Waals surface area (Å²) in [6.07, 6.45) is 1.12. The molecular weight excluding hydrogens is 154 g/mol. The first-order chi connectivity index (χ1) is 4.56. The third-order valence-corrected chi connectivity index (χ3v) is 1.54. The standard InChI is InChI=1S/C5H13NO3S.H2/c1-3-9-5-4-6-10(2,7)8;/h6H,3-5H2,1-2H3;1H. The van der Waals surface area contributed by atoms with E-state index in [0.717, 1.165) is 6.26 Å². The molecule has 0 spiro atoms. The topological polar surface area (TPSA) is 55.4 Å². The fourth-order valence-corrected chi connectivity index (χ4v) is 0.898. The molecule has 5 heteroatoms. The maximum absolute atomic E-state index is 10.4. The van der Waals surface area contributed by atoms with Crippen molar-refractivity contribution in [3.8, 4) is 0 Å². The van der Waals surface area contributed by atoms with Crippen LogP contribution in [0.15, 0.2) is 0 Å². The lowest BCUT2D eigenvalue weighted by molar-refractivity contribution is 0.153. The highest BCUT2D eigenvalue weighted by Crippen LogP contribution is 1.74. The molecule has 0 aliphatic carbocycles. The maximum atomic E-state index is 10.4. The average Bonchev–Trinajstić information content (AvgIpc) is 1.78. The summed E-state index contributed by atoms with van der Waals surface area (Å²) >= 11 is 0. The van der Waals surface area contributed by atoms with Crippen LogP contribution in [0.4, 0.5) is 0 Å². The average molecular weight is 169 g/mol. The van der Waals surface area contributed by atoms with Crippen molar-refractivity contribution < 1.29 is 14.6 Å². The zero-order valence-electron chi connectivity index (χ0n) is 6.25. The summed E-state index contributed by atoms with van der Waals surface area (Å²) in [5, 5.41) is 0. The van der Waals surface area contributed by atoms with Crippen molar-refractivity contribution in [3.63, 3.8) is 0 Å². The van der Waals surface area contributed by atoms with Crippen LogP contribution < -0.4 is 4.72 Å². The smallest absolute Gasteiger partial charge is 0.208 e. The van der Waals surface area contributed by atoms with E-state index in [-0.39, 0.29) is 1.43 Å². The molecule has 0 aliphatic heterocycles. The first kappa shape index (κ1) is 9.87. The van der Waals surface area contributed by atoms with Gasteiger partial charge in [-0.3, -0.25) is 0 Å². The van der Waals surface area contributed by atoms with Gasteiger partial charge in [0, 0.05) is 14.6 Å². The van der Waals surface area contributed by atoms with E-state index in [1.54, 1.807) is 0 Å². The van der Waals surface area contributed by atoms with Crippen LogP contribution in [-0.2, 0) is 14.8 Å². The van der Waals surface area contributed by atoms with Gasteiger partial charge in [0.15, 0.2) is 0 Å². The molecule has 0 aliphatic rings. The molecule has 0 radical (unpaired) electrons. The Morgan fingerprint density at radius 1 is 1.60 bits per heavy atom. The van der Waals surface area contributed by atoms with Gasteiger partial charge >= 0.3 is 0 Å². The van der Waals surface area contributed by atoms with Crippen LogP contribution >= 0.6 is 0 Å². The van der Waals surface area contributed by atoms with E-state index in [0.29, 0.717) is 19.8 Å². The molecule has 0 rings (SSSR count). The monoisotopic (exact) mass is 169 g/mol. The van der Waals surface area contributed by atoms with Gasteiger partial charge in [-0.1, -0.05) is 0 Å². The molecule has 4 nitrogen and oxygen atoms in total. The van der Waals surface area contributed by atoms with Crippen molar-refractivity contribution in [2.75, 3.05) is 26.0 Å². The Hall–Kier alpha value is -0.130. The Balaban J connectivity index is 0. The maximum Gasteiger partial charge on any atom is 0.208 e. The summed E-state index contributed by atoms with van der Waals surface area (Å²) in [6, 6.07) is 0. The molecule has 0 atom stereocenters. The molecule has 0 saturated heterocycles. The van der Waals surface area contributed by atoms with Gasteiger partial charge in [0.25, 0.3) is 0 Å². The number of hydrogen-bond acceptors (Lipinski definition) is 3. The minimum atomic E-state index is -3.03. The molecule has 0 unspecified atom stereocenters. The molecule has 0 heterocycles. The summed E-state index contributed by atoms with van der Waals surface area (Å²) in [5.41, 5.74) is 0. The lowest BCUT2D eigenvalue weighted by Crippen LogP contribution is -2.25. The number of nitrogens with one attached hydrogen (secondary N) is 1. The van der Waals surface area contributed by atoms with Gasteiger partial charge in [-0.25, -0.2) is 13.1 Å². The summed E-state index contributed by atoms with van der Waals surface area (Å²) < 4.78 is 28.1. The first-order valence-electron chi connectivity index (χ1n) is 3.08. The summed E-state index contributed by atoms with van der Waals surface area (Å²) in [5.74, 6) is 0. The highest BCUT2D eigenvalue weighted by molar-refractivity contribution is 7.88. The van der Waals surface area contributed by atoms with Gasteiger partial charge in [-0.15, -0.1) is 0 Å². The van der Waals surface area contributed by atoms with Crippen LogP contribution in [0.3, 0.4) is 0 Å². The lowest BCUT2D eigenvalue weighted by atomic mass is 10.7. The second-order valence-corrected chi connectivity index (χ2v) is 3.70. The zero-order valence-corrected chi connectivity index (χ0v) is 7.07. The van der Waals surface area contributed by atoms with Crippen molar-refractivity contribution in [1.29, 1.82) is 0 Å². The van der Waals surface area contributed by atoms with Crippen molar-refractivity contribution in [2.24, 2.45) is 0 Å². The molecule has 64 valence electrons. The van der Waals surface area contributed by atoms with E-state index in [2.05, 4.69) is 4.72 Å². The van der Waals surface area contributed by atoms with Gasteiger partial charge in [-0.2, -0.15) is 0 Å². The highest BCUT2D eigenvalue weighted by atomic mass is 32.2. The first-order valence-corrected chi connectivity index (χ1v) is 4.98. The van der Waals surface area contributed by atoms with Crippen molar-refractivity contribution >= 4 is 10.0 Å². The molecule has 10 heavy (non-hydrogen) atoms. The van der Waals surface area contributed by atoms with E-state index >= 15 is 0 Å². The van der Waals surface area contributed by atoms with E-state index in [1.165, 1.54) is 0 Å². The predicted octanol–water partition coefficient (Wildman–Crippen LogP) is -0.182. The highest BCUT2D eigenvalue weighted by Gasteiger charge is 1.96. The summed E-state index contributed by atoms with van der Waals surface area (Å²) in [4.78, 5) is 0. The predicted molar refractivity (Wildman–Crippen MR) is 41.5 cm³/mol. The van der Waals surface area contributed by atoms with Crippen LogP contribution in [0.25, 0.3) is 0 Å². The van der Waals surface area contributed by atoms with E-state index in [9.17, 15) is 8.42 Å². The van der Waals surface area contributed by atoms with Crippen LogP contribution in [0, 0.1) is 0 Å². The van der Waals surface area contributed by atoms with Crippen LogP contribution in [0.1, 0.15) is 8.35 Å². The Kier molecular flexibility index (Phi) is 4.59. The SMILES string of the molecule is CCOCCNS(C)(=O)=O.[HH]. The normalized spacial score (nSPS) is 11.8. The molecule has 0 saturated carbocycles. The van der Waals surface area contributed by atoms with Crippen molar-refractivity contribution in [1.82, 2.24) is 4.72 Å². The minimum Gasteiger partial charge on any atom is -0.380 e. The van der Waals surface area contributed by atoms with Crippen LogP contribution in [0.2, 0.25) is 0 Å². The number of rotatable bonds is 5. The molecule has 0 aromatic carbocycles. The third-order valence-electron chi connectivity index (χ3n) is 0.815. The Labute approximate surface area is 63.1 Å². The lowest BCUT2D eigenvalue weighted by Gasteiger charge is -2.00. The summed E-state index contributed by atoms with van der Waals surface area (Å²) in [6.45, 7) is 3.27. The summed E-state index contributed by atoms with van der Waals surface area (Å²) in [7, 11) is -3.03. The molecular formula is C5H15NO3S. The molecule has 0 bridgehead atoms. The zero-order chi connectivity index (χ0) is 8.04. The van der Waals surface area contributed by atoms with E-state index in [4.69, 9.17) is 4.74 Å². The number of ether oxygens (including phenoxy) is 1. The van der Waals surface area contributed by atoms with E-state index < -0.39 is 10.0 Å². The number of sulfonamides is 1.